The molecule has 1 amide bonds. The van der Waals surface area contributed by atoms with Crippen LogP contribution in [0, 0.1) is 0 Å². The predicted octanol–water partition coefficient (Wildman–Crippen LogP) is -0.497. The van der Waals surface area contributed by atoms with Crippen LogP contribution < -0.4 is 11.1 Å². The second kappa shape index (κ2) is 6.75. The van der Waals surface area contributed by atoms with E-state index < -0.39 is 5.54 Å². The number of nitrogens with two attached hydrogens (primary N) is 1. The summed E-state index contributed by atoms with van der Waals surface area (Å²) < 4.78 is 9.89. The van der Waals surface area contributed by atoms with E-state index in [9.17, 15) is 4.79 Å². The van der Waals surface area contributed by atoms with Crippen LogP contribution in [0.15, 0.2) is 0 Å². The molecule has 0 aromatic rings. The molecule has 0 saturated heterocycles. The molecular weight excluding hydrogens is 184 g/mol. The fraction of sp³-hybridized carbons (Fsp3) is 0.889. The van der Waals surface area contributed by atoms with Gasteiger partial charge in [-0.2, -0.15) is 0 Å². The maximum absolute atomic E-state index is 11.1. The van der Waals surface area contributed by atoms with Gasteiger partial charge in [0.05, 0.1) is 13.2 Å². The van der Waals surface area contributed by atoms with Gasteiger partial charge in [0, 0.05) is 19.2 Å². The molecule has 0 aliphatic heterocycles. The molecule has 0 aromatic carbocycles. The third-order valence-electron chi connectivity index (χ3n) is 1.34. The summed E-state index contributed by atoms with van der Waals surface area (Å²) in [4.78, 5) is 11.1. The maximum Gasteiger partial charge on any atom is 0.246 e. The third-order valence-corrected chi connectivity index (χ3v) is 1.34. The number of ether oxygens (including phenoxy) is 2. The maximum atomic E-state index is 11.1. The first-order chi connectivity index (χ1) is 6.45. The summed E-state index contributed by atoms with van der Waals surface area (Å²) in [6.07, 6.45) is 0. The SMILES string of the molecule is COCCNC(=O)COCC(C)(C)N. The van der Waals surface area contributed by atoms with Gasteiger partial charge in [0.1, 0.15) is 6.61 Å². The summed E-state index contributed by atoms with van der Waals surface area (Å²) in [6.45, 7) is 5.11. The zero-order valence-corrected chi connectivity index (χ0v) is 9.13. The van der Waals surface area contributed by atoms with Gasteiger partial charge in [-0.05, 0) is 13.8 Å². The van der Waals surface area contributed by atoms with Crippen molar-refractivity contribution in [1.29, 1.82) is 0 Å². The summed E-state index contributed by atoms with van der Waals surface area (Å²) in [7, 11) is 1.58. The largest absolute Gasteiger partial charge is 0.383 e. The number of hydrogen-bond donors (Lipinski definition) is 2. The molecule has 0 radical (unpaired) electrons. The summed E-state index contributed by atoms with van der Waals surface area (Å²) in [5.74, 6) is -0.147. The number of hydrogen-bond acceptors (Lipinski definition) is 4. The van der Waals surface area contributed by atoms with Gasteiger partial charge < -0.3 is 20.5 Å². The van der Waals surface area contributed by atoms with Crippen LogP contribution in [0.3, 0.4) is 0 Å². The number of nitrogens with one attached hydrogen (secondary N) is 1. The van der Waals surface area contributed by atoms with Gasteiger partial charge in [-0.1, -0.05) is 0 Å². The molecule has 0 fully saturated rings. The van der Waals surface area contributed by atoms with Crippen molar-refractivity contribution in [2.24, 2.45) is 5.73 Å². The van der Waals surface area contributed by atoms with Crippen LogP contribution in [0.4, 0.5) is 0 Å². The fourth-order valence-corrected chi connectivity index (χ4v) is 0.750. The monoisotopic (exact) mass is 204 g/mol. The summed E-state index contributed by atoms with van der Waals surface area (Å²) in [5, 5.41) is 2.64. The lowest BCUT2D eigenvalue weighted by molar-refractivity contribution is -0.126. The van der Waals surface area contributed by atoms with Crippen molar-refractivity contribution in [3.8, 4) is 0 Å². The Hall–Kier alpha value is -0.650. The van der Waals surface area contributed by atoms with Crippen LogP contribution in [0.25, 0.3) is 0 Å². The first-order valence-corrected chi connectivity index (χ1v) is 4.58. The lowest BCUT2D eigenvalue weighted by Crippen LogP contribution is -2.39. The Kier molecular flexibility index (Phi) is 6.44. The molecule has 0 aliphatic carbocycles. The van der Waals surface area contributed by atoms with Gasteiger partial charge in [0.25, 0.3) is 0 Å². The fourth-order valence-electron chi connectivity index (χ4n) is 0.750. The van der Waals surface area contributed by atoms with Crippen molar-refractivity contribution in [1.82, 2.24) is 5.32 Å². The second-order valence-corrected chi connectivity index (χ2v) is 3.82. The van der Waals surface area contributed by atoms with E-state index in [1.165, 1.54) is 0 Å². The Morgan fingerprint density at radius 2 is 2.14 bits per heavy atom. The zero-order valence-electron chi connectivity index (χ0n) is 9.13. The van der Waals surface area contributed by atoms with Crippen LogP contribution in [0.1, 0.15) is 13.8 Å². The third kappa shape index (κ3) is 9.44. The van der Waals surface area contributed by atoms with Crippen molar-refractivity contribution in [2.75, 3.05) is 33.5 Å². The molecule has 0 rings (SSSR count). The smallest absolute Gasteiger partial charge is 0.246 e. The lowest BCUT2D eigenvalue weighted by Gasteiger charge is -2.17. The standard InChI is InChI=1S/C9H20N2O3/c1-9(2,10)7-14-6-8(12)11-4-5-13-3/h4-7,10H2,1-3H3,(H,11,12). The molecule has 0 bridgehead atoms. The molecule has 0 saturated carbocycles. The summed E-state index contributed by atoms with van der Waals surface area (Å²) in [6, 6.07) is 0. The molecule has 84 valence electrons. The van der Waals surface area contributed by atoms with Crippen LogP contribution in [0.5, 0.6) is 0 Å². The van der Waals surface area contributed by atoms with Crippen LogP contribution in [0.2, 0.25) is 0 Å². The lowest BCUT2D eigenvalue weighted by atomic mass is 10.1. The number of carbonyl (C=O) groups is 1. The number of rotatable bonds is 7. The van der Waals surface area contributed by atoms with Gasteiger partial charge >= 0.3 is 0 Å². The molecule has 0 aromatic heterocycles. The van der Waals surface area contributed by atoms with E-state index in [-0.39, 0.29) is 12.5 Å². The number of carbonyl (C=O) groups excluding carboxylic acids is 1. The molecule has 0 spiro atoms. The van der Waals surface area contributed by atoms with E-state index in [4.69, 9.17) is 15.2 Å². The van der Waals surface area contributed by atoms with Crippen molar-refractivity contribution < 1.29 is 14.3 Å². The van der Waals surface area contributed by atoms with E-state index in [2.05, 4.69) is 5.32 Å². The van der Waals surface area contributed by atoms with Crippen molar-refractivity contribution in [3.63, 3.8) is 0 Å². The molecule has 3 N–H and O–H groups in total. The highest BCUT2D eigenvalue weighted by Crippen LogP contribution is 1.95. The molecular formula is C9H20N2O3. The van der Waals surface area contributed by atoms with Crippen LogP contribution in [-0.4, -0.2) is 44.9 Å². The first kappa shape index (κ1) is 13.4. The molecule has 5 heteroatoms. The highest BCUT2D eigenvalue weighted by atomic mass is 16.5. The Bertz CT molecular complexity index is 166. The van der Waals surface area contributed by atoms with Crippen LogP contribution in [-0.2, 0) is 14.3 Å². The van der Waals surface area contributed by atoms with E-state index in [1.54, 1.807) is 7.11 Å². The molecule has 0 atom stereocenters. The Balaban J connectivity index is 3.36. The Labute approximate surface area is 84.9 Å². The topological polar surface area (TPSA) is 73.6 Å². The van der Waals surface area contributed by atoms with Crippen molar-refractivity contribution >= 4 is 5.91 Å². The minimum absolute atomic E-state index is 0.0460. The highest BCUT2D eigenvalue weighted by Gasteiger charge is 2.11. The van der Waals surface area contributed by atoms with Gasteiger partial charge in [0.15, 0.2) is 0 Å². The second-order valence-electron chi connectivity index (χ2n) is 3.82. The quantitative estimate of drug-likeness (QED) is 0.548. The number of methoxy groups -OCH3 is 1. The minimum atomic E-state index is -0.396. The molecule has 14 heavy (non-hydrogen) atoms. The minimum Gasteiger partial charge on any atom is -0.383 e. The zero-order chi connectivity index (χ0) is 11.0. The predicted molar refractivity (Wildman–Crippen MR) is 54.0 cm³/mol. The normalized spacial score (nSPS) is 11.4. The highest BCUT2D eigenvalue weighted by molar-refractivity contribution is 5.77. The average Bonchev–Trinajstić information content (AvgIpc) is 2.02. The van der Waals surface area contributed by atoms with Gasteiger partial charge in [-0.25, -0.2) is 0 Å². The van der Waals surface area contributed by atoms with Crippen molar-refractivity contribution in [3.05, 3.63) is 0 Å². The van der Waals surface area contributed by atoms with Crippen molar-refractivity contribution in [2.45, 2.75) is 19.4 Å². The van der Waals surface area contributed by atoms with E-state index in [0.717, 1.165) is 0 Å². The summed E-state index contributed by atoms with van der Waals surface area (Å²) >= 11 is 0. The van der Waals surface area contributed by atoms with Crippen LogP contribution >= 0.6 is 0 Å². The first-order valence-electron chi connectivity index (χ1n) is 4.58. The molecule has 0 heterocycles. The van der Waals surface area contributed by atoms with Gasteiger partial charge in [-0.15, -0.1) is 0 Å². The van der Waals surface area contributed by atoms with E-state index in [0.29, 0.717) is 19.8 Å². The molecule has 5 nitrogen and oxygen atoms in total. The Morgan fingerprint density at radius 3 is 2.64 bits per heavy atom. The van der Waals surface area contributed by atoms with Gasteiger partial charge in [-0.3, -0.25) is 4.79 Å². The van der Waals surface area contributed by atoms with E-state index in [1.807, 2.05) is 13.8 Å². The molecule has 0 unspecified atom stereocenters. The summed E-state index contributed by atoms with van der Waals surface area (Å²) in [5.41, 5.74) is 5.27. The average molecular weight is 204 g/mol. The number of amides is 1. The Morgan fingerprint density at radius 1 is 1.50 bits per heavy atom. The molecule has 0 aliphatic rings. The van der Waals surface area contributed by atoms with E-state index >= 15 is 0 Å². The van der Waals surface area contributed by atoms with Gasteiger partial charge in [0.2, 0.25) is 5.91 Å².